The summed E-state index contributed by atoms with van der Waals surface area (Å²) in [5.74, 6) is -1.08. The van der Waals surface area contributed by atoms with E-state index >= 15 is 0 Å². The molecule has 0 saturated carbocycles. The van der Waals surface area contributed by atoms with Gasteiger partial charge in [-0.25, -0.2) is 8.42 Å². The lowest BCUT2D eigenvalue weighted by Crippen LogP contribution is -2.54. The lowest BCUT2D eigenvalue weighted by atomic mass is 10.1. The molecule has 0 spiro atoms. The fourth-order valence-corrected chi connectivity index (χ4v) is 6.22. The van der Waals surface area contributed by atoms with E-state index < -0.39 is 40.0 Å². The van der Waals surface area contributed by atoms with Crippen molar-refractivity contribution in [2.45, 2.75) is 50.7 Å². The topological polar surface area (TPSA) is 86.8 Å². The van der Waals surface area contributed by atoms with Crippen molar-refractivity contribution >= 4 is 73.9 Å². The second-order valence-corrected chi connectivity index (χ2v) is 13.7. The second kappa shape index (κ2) is 13.0. The third kappa shape index (κ3) is 8.27. The summed E-state index contributed by atoms with van der Waals surface area (Å²) in [7, 11) is -4.25. The molecule has 40 heavy (non-hydrogen) atoms. The van der Waals surface area contributed by atoms with E-state index in [0.29, 0.717) is 15.6 Å². The molecule has 0 heterocycles. The van der Waals surface area contributed by atoms with Crippen molar-refractivity contribution in [3.05, 3.63) is 92.4 Å². The number of amides is 2. The Morgan fingerprint density at radius 1 is 0.875 bits per heavy atom. The average molecular weight is 645 g/mol. The molecule has 0 bridgehead atoms. The maximum absolute atomic E-state index is 14.0. The molecule has 0 saturated heterocycles. The van der Waals surface area contributed by atoms with Gasteiger partial charge >= 0.3 is 0 Å². The Balaban J connectivity index is 2.08. The number of nitrogens with one attached hydrogen (secondary N) is 1. The molecule has 0 aliphatic carbocycles. The average Bonchev–Trinajstić information content (AvgIpc) is 2.85. The summed E-state index contributed by atoms with van der Waals surface area (Å²) >= 11 is 24.8. The molecule has 0 unspecified atom stereocenters. The summed E-state index contributed by atoms with van der Waals surface area (Å²) in [6.07, 6.45) is 0. The molecule has 2 amide bonds. The molecule has 3 aromatic rings. The Hall–Kier alpha value is -2.49. The Morgan fingerprint density at radius 2 is 1.48 bits per heavy atom. The van der Waals surface area contributed by atoms with E-state index in [-0.39, 0.29) is 27.2 Å². The molecule has 0 radical (unpaired) electrons. The van der Waals surface area contributed by atoms with Crippen LogP contribution in [-0.4, -0.2) is 43.3 Å². The standard InChI is InChI=1S/C28H29Cl4N3O4S/c1-18(27(37)33-28(2,3)4)34(16-19-10-11-20(29)15-25(19)32)26(36)17-35(23-13-21(30)12-22(31)14-23)40(38,39)24-8-6-5-7-9-24/h5-15,18H,16-17H2,1-4H3,(H,33,37)/t18-/m1/s1. The molecule has 214 valence electrons. The molecule has 1 N–H and O–H groups in total. The molecular weight excluding hydrogens is 616 g/mol. The monoisotopic (exact) mass is 643 g/mol. The summed E-state index contributed by atoms with van der Waals surface area (Å²) < 4.78 is 28.5. The molecule has 3 rings (SSSR count). The van der Waals surface area contributed by atoms with Gasteiger partial charge in [-0.2, -0.15) is 0 Å². The van der Waals surface area contributed by atoms with E-state index in [1.807, 2.05) is 20.8 Å². The van der Waals surface area contributed by atoms with Crippen LogP contribution in [0.2, 0.25) is 20.1 Å². The number of benzene rings is 3. The molecule has 7 nitrogen and oxygen atoms in total. The van der Waals surface area contributed by atoms with Crippen molar-refractivity contribution < 1.29 is 18.0 Å². The Labute approximate surface area is 255 Å². The van der Waals surface area contributed by atoms with Crippen LogP contribution in [0.1, 0.15) is 33.3 Å². The maximum Gasteiger partial charge on any atom is 0.264 e. The number of hydrogen-bond acceptors (Lipinski definition) is 4. The van der Waals surface area contributed by atoms with Crippen LogP contribution in [0.5, 0.6) is 0 Å². The van der Waals surface area contributed by atoms with Gasteiger partial charge in [0.05, 0.1) is 10.6 Å². The quantitative estimate of drug-likeness (QED) is 0.277. The molecule has 3 aromatic carbocycles. The first kappa shape index (κ1) is 32.0. The Kier molecular flexibility index (Phi) is 10.4. The van der Waals surface area contributed by atoms with Gasteiger partial charge in [0.2, 0.25) is 11.8 Å². The van der Waals surface area contributed by atoms with Gasteiger partial charge in [0.15, 0.2) is 0 Å². The van der Waals surface area contributed by atoms with Gasteiger partial charge in [0, 0.05) is 32.2 Å². The van der Waals surface area contributed by atoms with E-state index in [9.17, 15) is 18.0 Å². The number of hydrogen-bond donors (Lipinski definition) is 1. The van der Waals surface area contributed by atoms with Gasteiger partial charge in [0.1, 0.15) is 12.6 Å². The van der Waals surface area contributed by atoms with Gasteiger partial charge < -0.3 is 10.2 Å². The SMILES string of the molecule is C[C@H](C(=O)NC(C)(C)C)N(Cc1ccc(Cl)cc1Cl)C(=O)CN(c1cc(Cl)cc(Cl)c1)S(=O)(=O)c1ccccc1. The summed E-state index contributed by atoms with van der Waals surface area (Å²) in [6.45, 7) is 6.29. The summed E-state index contributed by atoms with van der Waals surface area (Å²) in [5.41, 5.74) is 0.0436. The van der Waals surface area contributed by atoms with Crippen molar-refractivity contribution in [1.29, 1.82) is 0 Å². The highest BCUT2D eigenvalue weighted by Gasteiger charge is 2.33. The van der Waals surface area contributed by atoms with Crippen molar-refractivity contribution in [2.75, 3.05) is 10.8 Å². The fraction of sp³-hybridized carbons (Fsp3) is 0.286. The molecule has 0 aromatic heterocycles. The molecule has 0 aliphatic heterocycles. The summed E-state index contributed by atoms with van der Waals surface area (Å²) in [4.78, 5) is 28.4. The maximum atomic E-state index is 14.0. The van der Waals surface area contributed by atoms with Crippen molar-refractivity contribution in [1.82, 2.24) is 10.2 Å². The van der Waals surface area contributed by atoms with E-state index in [2.05, 4.69) is 5.32 Å². The second-order valence-electron chi connectivity index (χ2n) is 10.1. The summed E-state index contributed by atoms with van der Waals surface area (Å²) in [5, 5.41) is 3.94. The van der Waals surface area contributed by atoms with Crippen LogP contribution >= 0.6 is 46.4 Å². The molecule has 0 aliphatic rings. The predicted octanol–water partition coefficient (Wildman–Crippen LogP) is 6.83. The van der Waals surface area contributed by atoms with Gasteiger partial charge in [-0.15, -0.1) is 0 Å². The van der Waals surface area contributed by atoms with Gasteiger partial charge in [-0.1, -0.05) is 70.7 Å². The first-order chi connectivity index (χ1) is 18.6. The normalized spacial score (nSPS) is 12.5. The molecule has 12 heteroatoms. The number of carbonyl (C=O) groups is 2. The highest BCUT2D eigenvalue weighted by molar-refractivity contribution is 7.92. The zero-order valence-electron chi connectivity index (χ0n) is 22.3. The van der Waals surface area contributed by atoms with Crippen LogP contribution in [-0.2, 0) is 26.2 Å². The van der Waals surface area contributed by atoms with Crippen LogP contribution < -0.4 is 9.62 Å². The highest BCUT2D eigenvalue weighted by Crippen LogP contribution is 2.30. The third-order valence-electron chi connectivity index (χ3n) is 5.77. The van der Waals surface area contributed by atoms with E-state index in [1.165, 1.54) is 41.3 Å². The van der Waals surface area contributed by atoms with Gasteiger partial charge in [0.25, 0.3) is 10.0 Å². The zero-order chi connectivity index (χ0) is 29.8. The van der Waals surface area contributed by atoms with Crippen molar-refractivity contribution in [2.24, 2.45) is 0 Å². The number of anilines is 1. The van der Waals surface area contributed by atoms with Crippen LogP contribution in [0, 0.1) is 0 Å². The number of rotatable bonds is 9. The van der Waals surface area contributed by atoms with E-state index in [4.69, 9.17) is 46.4 Å². The smallest absolute Gasteiger partial charge is 0.264 e. The number of halogens is 4. The minimum absolute atomic E-state index is 0.0373. The minimum Gasteiger partial charge on any atom is -0.350 e. The van der Waals surface area contributed by atoms with Crippen LogP contribution in [0.15, 0.2) is 71.6 Å². The molecule has 0 fully saturated rings. The summed E-state index contributed by atoms with van der Waals surface area (Å²) in [6, 6.07) is 15.7. The molecular formula is C28H29Cl4N3O4S. The lowest BCUT2D eigenvalue weighted by Gasteiger charge is -2.33. The predicted molar refractivity (Wildman–Crippen MR) is 162 cm³/mol. The first-order valence-corrected chi connectivity index (χ1v) is 15.1. The largest absolute Gasteiger partial charge is 0.350 e. The van der Waals surface area contributed by atoms with Gasteiger partial charge in [-0.3, -0.25) is 13.9 Å². The Bertz CT molecular complexity index is 1470. The van der Waals surface area contributed by atoms with Crippen LogP contribution in [0.4, 0.5) is 5.69 Å². The van der Waals surface area contributed by atoms with Gasteiger partial charge in [-0.05, 0) is 75.7 Å². The third-order valence-corrected chi connectivity index (χ3v) is 8.58. The fourth-order valence-electron chi connectivity index (χ4n) is 3.82. The van der Waals surface area contributed by atoms with Crippen LogP contribution in [0.3, 0.4) is 0 Å². The van der Waals surface area contributed by atoms with Crippen molar-refractivity contribution in [3.63, 3.8) is 0 Å². The lowest BCUT2D eigenvalue weighted by molar-refractivity contribution is -0.140. The Morgan fingerprint density at radius 3 is 2.02 bits per heavy atom. The highest BCUT2D eigenvalue weighted by atomic mass is 35.5. The zero-order valence-corrected chi connectivity index (χ0v) is 26.1. The number of sulfonamides is 1. The minimum atomic E-state index is -4.25. The van der Waals surface area contributed by atoms with Crippen LogP contribution in [0.25, 0.3) is 0 Å². The number of nitrogens with zero attached hydrogens (tertiary/aromatic N) is 2. The number of carbonyl (C=O) groups excluding carboxylic acids is 2. The van der Waals surface area contributed by atoms with E-state index in [1.54, 1.807) is 37.3 Å². The first-order valence-electron chi connectivity index (χ1n) is 12.2. The van der Waals surface area contributed by atoms with E-state index in [0.717, 1.165) is 4.31 Å². The van der Waals surface area contributed by atoms with Crippen molar-refractivity contribution in [3.8, 4) is 0 Å². The molecule has 1 atom stereocenters.